The van der Waals surface area contributed by atoms with Gasteiger partial charge in [0.1, 0.15) is 5.75 Å². The van der Waals surface area contributed by atoms with E-state index in [1.54, 1.807) is 0 Å². The van der Waals surface area contributed by atoms with Crippen LogP contribution in [0.4, 0.5) is 0 Å². The zero-order valence-electron chi connectivity index (χ0n) is 13.0. The molecule has 0 fully saturated rings. The molecule has 0 saturated heterocycles. The van der Waals surface area contributed by atoms with E-state index in [0.29, 0.717) is 17.0 Å². The van der Waals surface area contributed by atoms with Crippen LogP contribution in [0.1, 0.15) is 22.3 Å². The van der Waals surface area contributed by atoms with Gasteiger partial charge in [-0.05, 0) is 30.7 Å². The average Bonchev–Trinajstić information content (AvgIpc) is 2.55. The fourth-order valence-electron chi connectivity index (χ4n) is 2.25. The Balaban J connectivity index is 2.08. The second kappa shape index (κ2) is 8.16. The Morgan fingerprint density at radius 2 is 1.64 bits per heavy atom. The molecule has 22 heavy (non-hydrogen) atoms. The van der Waals surface area contributed by atoms with E-state index in [2.05, 4.69) is 13.1 Å². The molecule has 0 amide bonds. The number of benzene rings is 2. The second-order valence-corrected chi connectivity index (χ2v) is 9.21. The lowest BCUT2D eigenvalue weighted by Crippen LogP contribution is -2.31. The van der Waals surface area contributed by atoms with E-state index in [-0.39, 0.29) is 11.5 Å². The predicted molar refractivity (Wildman–Crippen MR) is 94.9 cm³/mol. The normalized spacial score (nSPS) is 12.2. The first-order valence-corrected chi connectivity index (χ1v) is 11.1. The van der Waals surface area contributed by atoms with E-state index < -0.39 is 8.80 Å². The molecular weight excluding hydrogens is 312 g/mol. The molecule has 1 unspecified atom stereocenters. The quantitative estimate of drug-likeness (QED) is 0.429. The molecule has 0 heterocycles. The summed E-state index contributed by atoms with van der Waals surface area (Å²) in [5, 5.41) is 0. The van der Waals surface area contributed by atoms with Crippen LogP contribution < -0.4 is 4.74 Å². The van der Waals surface area contributed by atoms with Gasteiger partial charge >= 0.3 is 0 Å². The SMILES string of the molecule is C[SiH](C)C(CCCl)Oc1ccc(C(=O)c2ccccc2)cc1. The van der Waals surface area contributed by atoms with Gasteiger partial charge in [-0.1, -0.05) is 43.4 Å². The molecule has 2 rings (SSSR count). The minimum atomic E-state index is -0.928. The third kappa shape index (κ3) is 4.45. The van der Waals surface area contributed by atoms with Crippen LogP contribution in [0.15, 0.2) is 54.6 Å². The molecule has 0 N–H and O–H groups in total. The van der Waals surface area contributed by atoms with Gasteiger partial charge in [-0.3, -0.25) is 4.79 Å². The number of halogens is 1. The van der Waals surface area contributed by atoms with Crippen molar-refractivity contribution in [2.24, 2.45) is 0 Å². The zero-order chi connectivity index (χ0) is 15.9. The first-order valence-electron chi connectivity index (χ1n) is 7.54. The van der Waals surface area contributed by atoms with Crippen molar-refractivity contribution in [2.45, 2.75) is 25.2 Å². The van der Waals surface area contributed by atoms with E-state index >= 15 is 0 Å². The number of alkyl halides is 1. The van der Waals surface area contributed by atoms with Crippen molar-refractivity contribution in [3.05, 3.63) is 65.7 Å². The first kappa shape index (κ1) is 16.8. The Bertz CT molecular complexity index is 596. The van der Waals surface area contributed by atoms with E-state index in [1.807, 2.05) is 54.6 Å². The average molecular weight is 333 g/mol. The molecule has 2 aromatic carbocycles. The van der Waals surface area contributed by atoms with Gasteiger partial charge in [0.05, 0.1) is 14.5 Å². The molecule has 0 aliphatic rings. The molecule has 0 spiro atoms. The fourth-order valence-corrected chi connectivity index (χ4v) is 3.94. The standard InChI is InChI=1S/C18H21ClO2Si/c1-22(2)17(12-13-19)21-16-10-8-15(9-11-16)18(20)14-6-4-3-5-7-14/h3-11,17,22H,12-13H2,1-2H3. The highest BCUT2D eigenvalue weighted by atomic mass is 35.5. The van der Waals surface area contributed by atoms with Crippen LogP contribution in [0, 0.1) is 0 Å². The van der Waals surface area contributed by atoms with Gasteiger partial charge in [0.2, 0.25) is 0 Å². The van der Waals surface area contributed by atoms with E-state index in [4.69, 9.17) is 16.3 Å². The van der Waals surface area contributed by atoms with Crippen LogP contribution in [0.3, 0.4) is 0 Å². The van der Waals surface area contributed by atoms with Crippen LogP contribution in [-0.4, -0.2) is 26.2 Å². The Kier molecular flexibility index (Phi) is 6.22. The zero-order valence-corrected chi connectivity index (χ0v) is 14.9. The summed E-state index contributed by atoms with van der Waals surface area (Å²) in [4.78, 5) is 12.3. The van der Waals surface area contributed by atoms with E-state index in [0.717, 1.165) is 12.2 Å². The summed E-state index contributed by atoms with van der Waals surface area (Å²) in [5.74, 6) is 1.45. The molecule has 116 valence electrons. The molecule has 2 aromatic rings. The number of hydrogen-bond acceptors (Lipinski definition) is 2. The van der Waals surface area contributed by atoms with Crippen LogP contribution in [-0.2, 0) is 0 Å². The third-order valence-corrected chi connectivity index (χ3v) is 5.75. The Hall–Kier alpha value is -1.58. The number of hydrogen-bond donors (Lipinski definition) is 0. The van der Waals surface area contributed by atoms with Gasteiger partial charge in [-0.15, -0.1) is 11.6 Å². The maximum Gasteiger partial charge on any atom is 0.193 e. The van der Waals surface area contributed by atoms with Gasteiger partial charge in [0.15, 0.2) is 5.78 Å². The summed E-state index contributed by atoms with van der Waals surface area (Å²) in [6, 6.07) is 16.7. The first-order chi connectivity index (χ1) is 10.6. The number of carbonyl (C=O) groups excluding carboxylic acids is 1. The fraction of sp³-hybridized carbons (Fsp3) is 0.278. The van der Waals surface area contributed by atoms with Gasteiger partial charge in [0.25, 0.3) is 0 Å². The van der Waals surface area contributed by atoms with Crippen molar-refractivity contribution in [2.75, 3.05) is 5.88 Å². The lowest BCUT2D eigenvalue weighted by atomic mass is 10.0. The Labute approximate surface area is 138 Å². The van der Waals surface area contributed by atoms with Crippen molar-refractivity contribution in [3.8, 4) is 5.75 Å². The topological polar surface area (TPSA) is 26.3 Å². The molecule has 2 nitrogen and oxygen atoms in total. The van der Waals surface area contributed by atoms with Crippen LogP contribution >= 0.6 is 11.6 Å². The van der Waals surface area contributed by atoms with Crippen molar-refractivity contribution in [1.82, 2.24) is 0 Å². The maximum absolute atomic E-state index is 12.3. The summed E-state index contributed by atoms with van der Waals surface area (Å²) in [5.41, 5.74) is 1.60. The third-order valence-electron chi connectivity index (χ3n) is 3.58. The van der Waals surface area contributed by atoms with Crippen molar-refractivity contribution in [1.29, 1.82) is 0 Å². The second-order valence-electron chi connectivity index (χ2n) is 5.60. The molecule has 0 aliphatic carbocycles. The lowest BCUT2D eigenvalue weighted by Gasteiger charge is -2.21. The van der Waals surface area contributed by atoms with E-state index in [9.17, 15) is 4.79 Å². The highest BCUT2D eigenvalue weighted by Gasteiger charge is 2.16. The highest BCUT2D eigenvalue weighted by Crippen LogP contribution is 2.18. The van der Waals surface area contributed by atoms with Crippen molar-refractivity contribution < 1.29 is 9.53 Å². The molecule has 0 radical (unpaired) electrons. The molecule has 1 atom stereocenters. The molecule has 0 aliphatic heterocycles. The summed E-state index contributed by atoms with van der Waals surface area (Å²) in [6.07, 6.45) is 0.871. The van der Waals surface area contributed by atoms with Crippen LogP contribution in [0.2, 0.25) is 13.1 Å². The highest BCUT2D eigenvalue weighted by molar-refractivity contribution is 6.57. The van der Waals surface area contributed by atoms with Gasteiger partial charge in [-0.2, -0.15) is 0 Å². The van der Waals surface area contributed by atoms with Crippen molar-refractivity contribution >= 4 is 26.2 Å². The summed E-state index contributed by atoms with van der Waals surface area (Å²) >= 11 is 5.84. The molecule has 0 bridgehead atoms. The summed E-state index contributed by atoms with van der Waals surface area (Å²) < 4.78 is 6.02. The number of rotatable bonds is 7. The predicted octanol–water partition coefficient (Wildman–Crippen LogP) is 4.32. The molecular formula is C18H21ClO2Si. The van der Waals surface area contributed by atoms with Crippen molar-refractivity contribution in [3.63, 3.8) is 0 Å². The molecule has 0 saturated carbocycles. The monoisotopic (exact) mass is 332 g/mol. The van der Waals surface area contributed by atoms with Gasteiger partial charge in [-0.25, -0.2) is 0 Å². The Morgan fingerprint density at radius 1 is 1.05 bits per heavy atom. The minimum absolute atomic E-state index is 0.0303. The Morgan fingerprint density at radius 3 is 2.18 bits per heavy atom. The van der Waals surface area contributed by atoms with Gasteiger partial charge < -0.3 is 4.74 Å². The molecule has 0 aromatic heterocycles. The largest absolute Gasteiger partial charge is 0.494 e. The van der Waals surface area contributed by atoms with Gasteiger partial charge in [0, 0.05) is 17.0 Å². The molecule has 4 heteroatoms. The smallest absolute Gasteiger partial charge is 0.193 e. The number of ketones is 1. The summed E-state index contributed by atoms with van der Waals surface area (Å²) in [7, 11) is -0.928. The minimum Gasteiger partial charge on any atom is -0.494 e. The van der Waals surface area contributed by atoms with Crippen LogP contribution in [0.25, 0.3) is 0 Å². The number of ether oxygens (including phenoxy) is 1. The van der Waals surface area contributed by atoms with E-state index in [1.165, 1.54) is 0 Å². The number of carbonyl (C=O) groups is 1. The van der Waals surface area contributed by atoms with Crippen LogP contribution in [0.5, 0.6) is 5.75 Å². The lowest BCUT2D eigenvalue weighted by molar-refractivity contribution is 0.103. The maximum atomic E-state index is 12.3. The summed E-state index contributed by atoms with van der Waals surface area (Å²) in [6.45, 7) is 4.51.